The third kappa shape index (κ3) is 3.96. The van der Waals surface area contributed by atoms with Gasteiger partial charge in [-0.2, -0.15) is 0 Å². The highest BCUT2D eigenvalue weighted by molar-refractivity contribution is 5.22. The third-order valence-corrected chi connectivity index (χ3v) is 1.49. The molecule has 0 aromatic heterocycles. The second-order valence-electron chi connectivity index (χ2n) is 2.35. The highest BCUT2D eigenvalue weighted by atomic mass is 16.3. The van der Waals surface area contributed by atoms with Crippen LogP contribution in [0.25, 0.3) is 0 Å². The van der Waals surface area contributed by atoms with Crippen molar-refractivity contribution in [3.8, 4) is 0 Å². The number of nitrogens with two attached hydrogens (primary N) is 1. The Morgan fingerprint density at radius 3 is 2.64 bits per heavy atom. The van der Waals surface area contributed by atoms with Gasteiger partial charge in [-0.25, -0.2) is 0 Å². The van der Waals surface area contributed by atoms with Gasteiger partial charge in [0.2, 0.25) is 0 Å². The number of rotatable bonds is 4. The number of aliphatic hydroxyl groups is 1. The Hall–Kier alpha value is -0.600. The van der Waals surface area contributed by atoms with Gasteiger partial charge in [-0.1, -0.05) is 25.2 Å². The van der Waals surface area contributed by atoms with E-state index in [1.807, 2.05) is 25.2 Å². The first-order valence-electron chi connectivity index (χ1n) is 3.97. The molecule has 0 heterocycles. The summed E-state index contributed by atoms with van der Waals surface area (Å²) in [5.41, 5.74) is 6.19. The van der Waals surface area contributed by atoms with E-state index in [0.29, 0.717) is 0 Å². The quantitative estimate of drug-likeness (QED) is 0.600. The average molecular weight is 155 g/mol. The van der Waals surface area contributed by atoms with Crippen LogP contribution in [0.4, 0.5) is 0 Å². The fourth-order valence-electron chi connectivity index (χ4n) is 0.790. The maximum Gasteiger partial charge on any atom is 0.0908 e. The molecule has 0 aliphatic carbocycles. The van der Waals surface area contributed by atoms with Crippen molar-refractivity contribution in [1.82, 2.24) is 0 Å². The van der Waals surface area contributed by atoms with E-state index >= 15 is 0 Å². The molecule has 3 N–H and O–H groups in total. The number of hydrogen-bond acceptors (Lipinski definition) is 2. The first-order chi connectivity index (χ1) is 5.26. The molecule has 1 atom stereocenters. The van der Waals surface area contributed by atoms with E-state index in [9.17, 15) is 5.11 Å². The minimum absolute atomic E-state index is 0.285. The molecule has 0 bridgehead atoms. The summed E-state index contributed by atoms with van der Waals surface area (Å²) in [6.45, 7) is 4.24. The van der Waals surface area contributed by atoms with Crippen molar-refractivity contribution >= 4 is 0 Å². The van der Waals surface area contributed by atoms with Crippen molar-refractivity contribution in [3.05, 3.63) is 23.8 Å². The summed E-state index contributed by atoms with van der Waals surface area (Å²) in [5.74, 6) is 0. The van der Waals surface area contributed by atoms with Gasteiger partial charge in [0.15, 0.2) is 0 Å². The number of allylic oxidation sites excluding steroid dienone is 2. The van der Waals surface area contributed by atoms with Crippen LogP contribution in [0, 0.1) is 0 Å². The lowest BCUT2D eigenvalue weighted by molar-refractivity contribution is 0.222. The maximum absolute atomic E-state index is 9.30. The Morgan fingerprint density at radius 2 is 2.27 bits per heavy atom. The van der Waals surface area contributed by atoms with Crippen molar-refractivity contribution in [1.29, 1.82) is 0 Å². The van der Waals surface area contributed by atoms with Crippen molar-refractivity contribution in [3.63, 3.8) is 0 Å². The molecule has 0 saturated carbocycles. The maximum atomic E-state index is 9.30. The summed E-state index contributed by atoms with van der Waals surface area (Å²) in [6.07, 6.45) is 6.27. The summed E-state index contributed by atoms with van der Waals surface area (Å²) in [6, 6.07) is 0. The average Bonchev–Trinajstić information content (AvgIpc) is 2.05. The van der Waals surface area contributed by atoms with Gasteiger partial charge in [0.1, 0.15) is 0 Å². The van der Waals surface area contributed by atoms with Gasteiger partial charge in [0, 0.05) is 6.54 Å². The lowest BCUT2D eigenvalue weighted by Gasteiger charge is -2.07. The second kappa shape index (κ2) is 6.13. The SMILES string of the molecule is C/C=C(\C=C/CC)C(O)CN. The Bertz CT molecular complexity index is 150. The standard InChI is InChI=1S/C9H17NO/c1-3-5-6-8(4-2)9(11)7-10/h4-6,9,11H,3,7,10H2,1-2H3/b6-5-,8-4+. The van der Waals surface area contributed by atoms with Crippen LogP contribution in [0.15, 0.2) is 23.8 Å². The fraction of sp³-hybridized carbons (Fsp3) is 0.556. The molecule has 0 amide bonds. The van der Waals surface area contributed by atoms with E-state index in [4.69, 9.17) is 5.73 Å². The molecule has 0 spiro atoms. The highest BCUT2D eigenvalue weighted by Crippen LogP contribution is 2.03. The van der Waals surface area contributed by atoms with Gasteiger partial charge in [-0.3, -0.25) is 0 Å². The molecule has 0 aromatic carbocycles. The number of aliphatic hydroxyl groups excluding tert-OH is 1. The van der Waals surface area contributed by atoms with Crippen LogP contribution in [-0.2, 0) is 0 Å². The normalized spacial score (nSPS) is 15.8. The van der Waals surface area contributed by atoms with Crippen LogP contribution in [0.1, 0.15) is 20.3 Å². The fourth-order valence-corrected chi connectivity index (χ4v) is 0.790. The van der Waals surface area contributed by atoms with E-state index in [-0.39, 0.29) is 6.54 Å². The summed E-state index contributed by atoms with van der Waals surface area (Å²) < 4.78 is 0. The van der Waals surface area contributed by atoms with Gasteiger partial charge in [0.05, 0.1) is 6.10 Å². The van der Waals surface area contributed by atoms with Crippen LogP contribution >= 0.6 is 0 Å². The summed E-state index contributed by atoms with van der Waals surface area (Å²) in [7, 11) is 0. The molecular weight excluding hydrogens is 138 g/mol. The van der Waals surface area contributed by atoms with Gasteiger partial charge in [-0.15, -0.1) is 0 Å². The molecule has 2 heteroatoms. The molecule has 0 aliphatic rings. The van der Waals surface area contributed by atoms with Crippen molar-refractivity contribution < 1.29 is 5.11 Å². The number of hydrogen-bond donors (Lipinski definition) is 2. The summed E-state index contributed by atoms with van der Waals surface area (Å²) >= 11 is 0. The minimum atomic E-state index is -0.511. The Morgan fingerprint density at radius 1 is 1.64 bits per heavy atom. The molecular formula is C9H17NO. The zero-order valence-electron chi connectivity index (χ0n) is 7.25. The molecule has 0 aromatic rings. The first kappa shape index (κ1) is 10.4. The van der Waals surface area contributed by atoms with E-state index in [0.717, 1.165) is 12.0 Å². The third-order valence-electron chi connectivity index (χ3n) is 1.49. The molecule has 1 unspecified atom stereocenters. The molecule has 0 aliphatic heterocycles. The van der Waals surface area contributed by atoms with Crippen LogP contribution in [0.2, 0.25) is 0 Å². The van der Waals surface area contributed by atoms with E-state index in [1.54, 1.807) is 0 Å². The van der Waals surface area contributed by atoms with Crippen LogP contribution in [0.3, 0.4) is 0 Å². The van der Waals surface area contributed by atoms with Gasteiger partial charge >= 0.3 is 0 Å². The second-order valence-corrected chi connectivity index (χ2v) is 2.35. The zero-order valence-corrected chi connectivity index (χ0v) is 7.25. The minimum Gasteiger partial charge on any atom is -0.387 e. The lowest BCUT2D eigenvalue weighted by atomic mass is 10.1. The molecule has 0 radical (unpaired) electrons. The van der Waals surface area contributed by atoms with E-state index < -0.39 is 6.10 Å². The monoisotopic (exact) mass is 155 g/mol. The van der Waals surface area contributed by atoms with Gasteiger partial charge in [-0.05, 0) is 18.9 Å². The molecule has 2 nitrogen and oxygen atoms in total. The van der Waals surface area contributed by atoms with Crippen LogP contribution in [-0.4, -0.2) is 17.8 Å². The highest BCUT2D eigenvalue weighted by Gasteiger charge is 2.02. The largest absolute Gasteiger partial charge is 0.387 e. The Labute approximate surface area is 68.4 Å². The molecule has 0 saturated heterocycles. The van der Waals surface area contributed by atoms with Gasteiger partial charge in [0.25, 0.3) is 0 Å². The predicted octanol–water partition coefficient (Wildman–Crippen LogP) is 1.22. The summed E-state index contributed by atoms with van der Waals surface area (Å²) in [4.78, 5) is 0. The van der Waals surface area contributed by atoms with Crippen LogP contribution in [0.5, 0.6) is 0 Å². The molecule has 0 rings (SSSR count). The smallest absolute Gasteiger partial charge is 0.0908 e. The lowest BCUT2D eigenvalue weighted by Crippen LogP contribution is -2.20. The summed E-state index contributed by atoms with van der Waals surface area (Å²) in [5, 5.41) is 9.30. The topological polar surface area (TPSA) is 46.2 Å². The Kier molecular flexibility index (Phi) is 5.80. The van der Waals surface area contributed by atoms with Crippen LogP contribution < -0.4 is 5.73 Å². The van der Waals surface area contributed by atoms with E-state index in [2.05, 4.69) is 6.92 Å². The van der Waals surface area contributed by atoms with Gasteiger partial charge < -0.3 is 10.8 Å². The van der Waals surface area contributed by atoms with Crippen molar-refractivity contribution in [2.24, 2.45) is 5.73 Å². The zero-order chi connectivity index (χ0) is 8.69. The van der Waals surface area contributed by atoms with Crippen molar-refractivity contribution in [2.75, 3.05) is 6.54 Å². The first-order valence-corrected chi connectivity index (χ1v) is 3.97. The molecule has 0 fully saturated rings. The molecule has 64 valence electrons. The Balaban J connectivity index is 4.07. The van der Waals surface area contributed by atoms with E-state index in [1.165, 1.54) is 0 Å². The predicted molar refractivity (Wildman–Crippen MR) is 48.2 cm³/mol. The van der Waals surface area contributed by atoms with Crippen molar-refractivity contribution in [2.45, 2.75) is 26.4 Å². The molecule has 11 heavy (non-hydrogen) atoms.